The smallest absolute Gasteiger partial charge is 0.331 e. The summed E-state index contributed by atoms with van der Waals surface area (Å²) in [4.78, 5) is 27.5. The van der Waals surface area contributed by atoms with Crippen LogP contribution in [0.3, 0.4) is 0 Å². The maximum Gasteiger partial charge on any atom is 0.331 e. The van der Waals surface area contributed by atoms with E-state index in [1.165, 1.54) is 6.08 Å². The Hall–Kier alpha value is -2.53. The highest BCUT2D eigenvalue weighted by molar-refractivity contribution is 7.98. The average molecular weight is 367 g/mol. The third-order valence-electron chi connectivity index (χ3n) is 4.32. The standard InChI is InChI=1S/C21H21NO3S/c1-15(21(24)22-14-13-17-5-3-4-6-19(17)22)25-20(23)12-9-16-7-10-18(26-2)11-8-16/h3-12,15H,13-14H2,1-2H3/b12-9+/t15-/m0/s1. The van der Waals surface area contributed by atoms with E-state index in [-0.39, 0.29) is 5.91 Å². The minimum absolute atomic E-state index is 0.193. The second-order valence-electron chi connectivity index (χ2n) is 6.05. The number of nitrogens with zero attached hydrogens (tertiary/aromatic N) is 1. The lowest BCUT2D eigenvalue weighted by molar-refractivity contribution is -0.149. The molecule has 1 amide bonds. The van der Waals surface area contributed by atoms with Crippen molar-refractivity contribution in [3.63, 3.8) is 0 Å². The fourth-order valence-corrected chi connectivity index (χ4v) is 3.34. The molecule has 0 fully saturated rings. The summed E-state index contributed by atoms with van der Waals surface area (Å²) in [5, 5.41) is 0. The molecule has 1 heterocycles. The van der Waals surface area contributed by atoms with Crippen LogP contribution in [0, 0.1) is 0 Å². The van der Waals surface area contributed by atoms with E-state index >= 15 is 0 Å². The summed E-state index contributed by atoms with van der Waals surface area (Å²) in [5.74, 6) is -0.715. The van der Waals surface area contributed by atoms with Crippen molar-refractivity contribution >= 4 is 35.4 Å². The Morgan fingerprint density at radius 2 is 1.88 bits per heavy atom. The lowest BCUT2D eigenvalue weighted by Gasteiger charge is -2.21. The lowest BCUT2D eigenvalue weighted by atomic mass is 10.2. The van der Waals surface area contributed by atoms with Crippen molar-refractivity contribution in [1.29, 1.82) is 0 Å². The first-order chi connectivity index (χ1) is 12.6. The molecule has 0 N–H and O–H groups in total. The van der Waals surface area contributed by atoms with Gasteiger partial charge in [0.05, 0.1) is 0 Å². The molecule has 0 spiro atoms. The van der Waals surface area contributed by atoms with Gasteiger partial charge in [0.15, 0.2) is 6.10 Å². The van der Waals surface area contributed by atoms with Gasteiger partial charge in [0.25, 0.3) is 5.91 Å². The van der Waals surface area contributed by atoms with E-state index in [0.717, 1.165) is 28.1 Å². The number of rotatable bonds is 5. The zero-order valence-corrected chi connectivity index (χ0v) is 15.7. The van der Waals surface area contributed by atoms with Crippen molar-refractivity contribution in [3.05, 3.63) is 65.7 Å². The number of benzene rings is 2. The summed E-state index contributed by atoms with van der Waals surface area (Å²) in [7, 11) is 0. The maximum atomic E-state index is 12.6. The van der Waals surface area contributed by atoms with Gasteiger partial charge in [-0.1, -0.05) is 30.3 Å². The van der Waals surface area contributed by atoms with Crippen molar-refractivity contribution in [2.24, 2.45) is 0 Å². The molecule has 1 atom stereocenters. The molecule has 0 radical (unpaired) electrons. The number of carbonyl (C=O) groups is 2. The summed E-state index contributed by atoms with van der Waals surface area (Å²) in [6, 6.07) is 15.7. The third-order valence-corrected chi connectivity index (χ3v) is 5.07. The number of hydrogen-bond donors (Lipinski definition) is 0. The van der Waals surface area contributed by atoms with Gasteiger partial charge < -0.3 is 9.64 Å². The summed E-state index contributed by atoms with van der Waals surface area (Å²) in [6.45, 7) is 2.24. The molecular formula is C21H21NO3S. The maximum absolute atomic E-state index is 12.6. The number of thioether (sulfide) groups is 1. The van der Waals surface area contributed by atoms with Gasteiger partial charge in [-0.15, -0.1) is 11.8 Å². The van der Waals surface area contributed by atoms with Gasteiger partial charge >= 0.3 is 5.97 Å². The molecule has 0 aromatic heterocycles. The quantitative estimate of drug-likeness (QED) is 0.456. The zero-order valence-electron chi connectivity index (χ0n) is 14.8. The molecule has 0 aliphatic carbocycles. The zero-order chi connectivity index (χ0) is 18.5. The second-order valence-corrected chi connectivity index (χ2v) is 6.93. The third kappa shape index (κ3) is 4.17. The van der Waals surface area contributed by atoms with Crippen molar-refractivity contribution in [3.8, 4) is 0 Å². The number of hydrogen-bond acceptors (Lipinski definition) is 4. The molecule has 4 nitrogen and oxygen atoms in total. The fraction of sp³-hybridized carbons (Fsp3) is 0.238. The van der Waals surface area contributed by atoms with E-state index in [4.69, 9.17) is 4.74 Å². The van der Waals surface area contributed by atoms with Gasteiger partial charge in [0.2, 0.25) is 0 Å². The van der Waals surface area contributed by atoms with E-state index in [2.05, 4.69) is 0 Å². The molecule has 134 valence electrons. The number of fused-ring (bicyclic) bond motifs is 1. The van der Waals surface area contributed by atoms with Crippen LogP contribution in [0.15, 0.2) is 59.5 Å². The van der Waals surface area contributed by atoms with Gasteiger partial charge in [-0.05, 0) is 55.0 Å². The summed E-state index contributed by atoms with van der Waals surface area (Å²) >= 11 is 1.66. The summed E-state index contributed by atoms with van der Waals surface area (Å²) in [6.07, 6.45) is 5.07. The minimum atomic E-state index is -0.822. The molecule has 26 heavy (non-hydrogen) atoms. The Labute approximate surface area is 157 Å². The molecule has 5 heteroatoms. The predicted octanol–water partition coefficient (Wildman–Crippen LogP) is 3.94. The molecular weight excluding hydrogens is 346 g/mol. The van der Waals surface area contributed by atoms with Gasteiger partial charge in [0, 0.05) is 23.2 Å². The monoisotopic (exact) mass is 367 g/mol. The number of para-hydroxylation sites is 1. The van der Waals surface area contributed by atoms with Crippen molar-refractivity contribution in [2.75, 3.05) is 17.7 Å². The van der Waals surface area contributed by atoms with Gasteiger partial charge in [-0.2, -0.15) is 0 Å². The average Bonchev–Trinajstić information content (AvgIpc) is 3.10. The largest absolute Gasteiger partial charge is 0.449 e. The van der Waals surface area contributed by atoms with Crippen LogP contribution in [0.1, 0.15) is 18.1 Å². The van der Waals surface area contributed by atoms with Crippen molar-refractivity contribution < 1.29 is 14.3 Å². The van der Waals surface area contributed by atoms with Crippen LogP contribution in [0.4, 0.5) is 5.69 Å². The van der Waals surface area contributed by atoms with Crippen molar-refractivity contribution in [2.45, 2.75) is 24.3 Å². The van der Waals surface area contributed by atoms with E-state index in [1.54, 1.807) is 29.7 Å². The van der Waals surface area contributed by atoms with Crippen LogP contribution in [0.2, 0.25) is 0 Å². The van der Waals surface area contributed by atoms with E-state index < -0.39 is 12.1 Å². The van der Waals surface area contributed by atoms with Crippen molar-refractivity contribution in [1.82, 2.24) is 0 Å². The normalized spacial score (nSPS) is 14.3. The molecule has 1 aliphatic heterocycles. The number of amides is 1. The summed E-state index contributed by atoms with van der Waals surface area (Å²) < 4.78 is 5.29. The Morgan fingerprint density at radius 1 is 1.15 bits per heavy atom. The molecule has 0 saturated carbocycles. The Balaban J connectivity index is 1.58. The number of esters is 1. The number of carbonyl (C=O) groups excluding carboxylic acids is 2. The fourth-order valence-electron chi connectivity index (χ4n) is 2.93. The van der Waals surface area contributed by atoms with Crippen LogP contribution in [0.5, 0.6) is 0 Å². The molecule has 0 unspecified atom stereocenters. The van der Waals surface area contributed by atoms with Gasteiger partial charge in [-0.3, -0.25) is 4.79 Å². The first kappa shape index (κ1) is 18.3. The lowest BCUT2D eigenvalue weighted by Crippen LogP contribution is -2.38. The van der Waals surface area contributed by atoms with Gasteiger partial charge in [0.1, 0.15) is 0 Å². The predicted molar refractivity (Wildman–Crippen MR) is 105 cm³/mol. The Bertz CT molecular complexity index is 829. The Kier molecular flexibility index (Phi) is 5.78. The topological polar surface area (TPSA) is 46.6 Å². The highest BCUT2D eigenvalue weighted by Gasteiger charge is 2.29. The van der Waals surface area contributed by atoms with Crippen LogP contribution in [0.25, 0.3) is 6.08 Å². The van der Waals surface area contributed by atoms with E-state index in [9.17, 15) is 9.59 Å². The Morgan fingerprint density at radius 3 is 2.62 bits per heavy atom. The molecule has 2 aromatic rings. The number of ether oxygens (including phenoxy) is 1. The molecule has 2 aromatic carbocycles. The molecule has 3 rings (SSSR count). The number of anilines is 1. The van der Waals surface area contributed by atoms with E-state index in [1.807, 2.05) is 54.8 Å². The molecule has 1 aliphatic rings. The SMILES string of the molecule is CSc1ccc(/C=C/C(=O)O[C@@H](C)C(=O)N2CCc3ccccc32)cc1. The van der Waals surface area contributed by atoms with Gasteiger partial charge in [-0.25, -0.2) is 4.79 Å². The van der Waals surface area contributed by atoms with Crippen LogP contribution in [-0.2, 0) is 20.7 Å². The highest BCUT2D eigenvalue weighted by Crippen LogP contribution is 2.28. The highest BCUT2D eigenvalue weighted by atomic mass is 32.2. The second kappa shape index (κ2) is 8.23. The summed E-state index contributed by atoms with van der Waals surface area (Å²) in [5.41, 5.74) is 2.96. The molecule has 0 saturated heterocycles. The minimum Gasteiger partial charge on any atom is -0.449 e. The first-order valence-electron chi connectivity index (χ1n) is 8.50. The van der Waals surface area contributed by atoms with Crippen LogP contribution < -0.4 is 4.90 Å². The van der Waals surface area contributed by atoms with E-state index in [0.29, 0.717) is 6.54 Å². The van der Waals surface area contributed by atoms with Crippen LogP contribution >= 0.6 is 11.8 Å². The van der Waals surface area contributed by atoms with Crippen LogP contribution in [-0.4, -0.2) is 30.8 Å². The first-order valence-corrected chi connectivity index (χ1v) is 9.73. The molecule has 0 bridgehead atoms.